The lowest BCUT2D eigenvalue weighted by atomic mass is 10.0. The average Bonchev–Trinajstić information content (AvgIpc) is 3.61. The van der Waals surface area contributed by atoms with Crippen LogP contribution in [0.25, 0.3) is 16.9 Å². The molecule has 10 nitrogen and oxygen atoms in total. The summed E-state index contributed by atoms with van der Waals surface area (Å²) in [5, 5.41) is 6.66. The Labute approximate surface area is 254 Å². The minimum Gasteiger partial charge on any atom is -0.494 e. The summed E-state index contributed by atoms with van der Waals surface area (Å²) in [6.45, 7) is 8.07. The Kier molecular flexibility index (Phi) is 7.70. The molecule has 1 unspecified atom stereocenters. The van der Waals surface area contributed by atoms with Gasteiger partial charge in [0.1, 0.15) is 0 Å². The van der Waals surface area contributed by atoms with Gasteiger partial charge in [-0.2, -0.15) is 4.39 Å². The molecule has 2 N–H and O–H groups in total. The Bertz CT molecular complexity index is 1750. The predicted octanol–water partition coefficient (Wildman–Crippen LogP) is 4.55. The van der Waals surface area contributed by atoms with E-state index < -0.39 is 11.6 Å². The van der Waals surface area contributed by atoms with E-state index in [1.165, 1.54) is 31.6 Å². The topological polar surface area (TPSA) is 104 Å². The molecule has 0 aliphatic carbocycles. The zero-order valence-electron chi connectivity index (χ0n) is 25.2. The number of halogens is 2. The van der Waals surface area contributed by atoms with Crippen molar-refractivity contribution in [1.29, 1.82) is 0 Å². The second-order valence-electron chi connectivity index (χ2n) is 11.9. The Hall–Kier alpha value is -4.58. The number of carbonyl (C=O) groups is 2. The Morgan fingerprint density at radius 1 is 1.05 bits per heavy atom. The summed E-state index contributed by atoms with van der Waals surface area (Å²) >= 11 is 0. The maximum absolute atomic E-state index is 14.8. The molecule has 0 saturated carbocycles. The maximum atomic E-state index is 14.8. The van der Waals surface area contributed by atoms with Crippen molar-refractivity contribution in [3.8, 4) is 17.0 Å². The number of hydrogen-bond acceptors (Lipinski definition) is 7. The van der Waals surface area contributed by atoms with Crippen LogP contribution >= 0.6 is 0 Å². The number of aromatic nitrogens is 3. The smallest absolute Gasteiger partial charge is 0.254 e. The van der Waals surface area contributed by atoms with Gasteiger partial charge in [-0.15, -0.1) is 0 Å². The van der Waals surface area contributed by atoms with Gasteiger partial charge in [0.05, 0.1) is 25.0 Å². The van der Waals surface area contributed by atoms with Crippen LogP contribution in [0.4, 0.5) is 20.3 Å². The number of hydrogen-bond donors (Lipinski definition) is 2. The number of rotatable bonds is 6. The van der Waals surface area contributed by atoms with E-state index >= 15 is 0 Å². The Balaban J connectivity index is 1.14. The van der Waals surface area contributed by atoms with Crippen molar-refractivity contribution in [1.82, 2.24) is 29.5 Å². The normalized spacial score (nSPS) is 18.1. The molecule has 2 amide bonds. The van der Waals surface area contributed by atoms with Crippen molar-refractivity contribution < 1.29 is 23.1 Å². The maximum Gasteiger partial charge on any atom is 0.254 e. The fraction of sp³-hybridized carbons (Fsp3) is 0.375. The number of anilines is 2. The van der Waals surface area contributed by atoms with Crippen molar-refractivity contribution in [2.75, 3.05) is 38.6 Å². The summed E-state index contributed by atoms with van der Waals surface area (Å²) in [7, 11) is 1.28. The number of carbonyl (C=O) groups excluding carboxylic acids is 2. The highest BCUT2D eigenvalue weighted by atomic mass is 19.2. The van der Waals surface area contributed by atoms with Gasteiger partial charge in [-0.25, -0.2) is 14.4 Å². The third kappa shape index (κ3) is 5.45. The van der Waals surface area contributed by atoms with Crippen molar-refractivity contribution in [2.45, 2.75) is 45.2 Å². The quantitative estimate of drug-likeness (QED) is 0.333. The number of fused-ring (bicyclic) bond motifs is 1. The highest BCUT2D eigenvalue weighted by molar-refractivity contribution is 5.96. The fourth-order valence-corrected chi connectivity index (χ4v) is 6.04. The van der Waals surface area contributed by atoms with Gasteiger partial charge in [-0.1, -0.05) is 0 Å². The molecular formula is C32H35F2N7O3. The number of ether oxygens (including phenoxy) is 1. The van der Waals surface area contributed by atoms with Crippen LogP contribution in [0.3, 0.4) is 0 Å². The van der Waals surface area contributed by atoms with E-state index in [0.717, 1.165) is 18.4 Å². The molecule has 0 spiro atoms. The van der Waals surface area contributed by atoms with E-state index in [1.807, 2.05) is 17.9 Å². The summed E-state index contributed by atoms with van der Waals surface area (Å²) in [6, 6.07) is 8.07. The molecule has 12 heteroatoms. The lowest BCUT2D eigenvalue weighted by molar-refractivity contribution is -0.134. The molecule has 230 valence electrons. The number of aryl methyl sites for hydroxylation is 1. The van der Waals surface area contributed by atoms with Gasteiger partial charge in [0.2, 0.25) is 11.7 Å². The van der Waals surface area contributed by atoms with E-state index in [2.05, 4.69) is 34.4 Å². The first-order valence-electron chi connectivity index (χ1n) is 14.6. The second-order valence-corrected chi connectivity index (χ2v) is 11.9. The van der Waals surface area contributed by atoms with Gasteiger partial charge >= 0.3 is 0 Å². The SMILES string of the molecule is COc1ccc(-c2cnc3c(Nc4ccc(C(=O)N5CCN(C(=O)C6CCC(C)(C)N6)CC5)c(C)c4)nccn23)c(F)c1F. The van der Waals surface area contributed by atoms with Crippen LogP contribution in [-0.4, -0.2) is 80.9 Å². The van der Waals surface area contributed by atoms with Gasteiger partial charge in [-0.3, -0.25) is 14.0 Å². The number of nitrogens with one attached hydrogen (secondary N) is 2. The van der Waals surface area contributed by atoms with Crippen LogP contribution in [-0.2, 0) is 4.79 Å². The van der Waals surface area contributed by atoms with Crippen molar-refractivity contribution >= 4 is 29.0 Å². The van der Waals surface area contributed by atoms with Gasteiger partial charge in [0.25, 0.3) is 5.91 Å². The first-order chi connectivity index (χ1) is 21.1. The highest BCUT2D eigenvalue weighted by Gasteiger charge is 2.37. The van der Waals surface area contributed by atoms with E-state index in [4.69, 9.17) is 4.74 Å². The van der Waals surface area contributed by atoms with Crippen molar-refractivity contribution in [3.05, 3.63) is 71.7 Å². The fourth-order valence-electron chi connectivity index (χ4n) is 6.04. The Morgan fingerprint density at radius 3 is 2.48 bits per heavy atom. The lowest BCUT2D eigenvalue weighted by Gasteiger charge is -2.36. The van der Waals surface area contributed by atoms with E-state index in [0.29, 0.717) is 54.6 Å². The van der Waals surface area contributed by atoms with Crippen LogP contribution in [0.2, 0.25) is 0 Å². The minimum absolute atomic E-state index is 0.0297. The van der Waals surface area contributed by atoms with E-state index in [-0.39, 0.29) is 34.7 Å². The number of piperazine rings is 1. The zero-order chi connectivity index (χ0) is 31.2. The summed E-state index contributed by atoms with van der Waals surface area (Å²) in [5.74, 6) is -1.83. The first-order valence-corrected chi connectivity index (χ1v) is 14.6. The van der Waals surface area contributed by atoms with Crippen LogP contribution in [0, 0.1) is 18.6 Å². The van der Waals surface area contributed by atoms with E-state index in [9.17, 15) is 18.4 Å². The molecule has 0 radical (unpaired) electrons. The third-order valence-electron chi connectivity index (χ3n) is 8.49. The molecular weight excluding hydrogens is 568 g/mol. The molecule has 1 atom stereocenters. The average molecular weight is 604 g/mol. The predicted molar refractivity (Wildman–Crippen MR) is 162 cm³/mol. The summed E-state index contributed by atoms with van der Waals surface area (Å²) in [4.78, 5) is 38.9. The van der Waals surface area contributed by atoms with Crippen LogP contribution in [0.5, 0.6) is 5.75 Å². The lowest BCUT2D eigenvalue weighted by Crippen LogP contribution is -2.55. The number of benzene rings is 2. The zero-order valence-corrected chi connectivity index (χ0v) is 25.2. The highest BCUT2D eigenvalue weighted by Crippen LogP contribution is 2.32. The van der Waals surface area contributed by atoms with Gasteiger partial charge in [-0.05, 0) is 69.5 Å². The molecule has 2 fully saturated rings. The first kappa shape index (κ1) is 29.5. The van der Waals surface area contributed by atoms with Gasteiger partial charge in [0.15, 0.2) is 23.0 Å². The third-order valence-corrected chi connectivity index (χ3v) is 8.49. The molecule has 0 bridgehead atoms. The van der Waals surface area contributed by atoms with Crippen LogP contribution in [0.1, 0.15) is 42.6 Å². The molecule has 44 heavy (non-hydrogen) atoms. The molecule has 2 aromatic heterocycles. The number of nitrogens with zero attached hydrogens (tertiary/aromatic N) is 5. The van der Waals surface area contributed by atoms with Gasteiger partial charge in [0, 0.05) is 60.9 Å². The number of amides is 2. The molecule has 2 saturated heterocycles. The van der Waals surface area contributed by atoms with Crippen LogP contribution < -0.4 is 15.4 Å². The molecule has 6 rings (SSSR count). The summed E-state index contributed by atoms with van der Waals surface area (Å²) < 4.78 is 35.7. The van der Waals surface area contributed by atoms with Gasteiger partial charge < -0.3 is 25.2 Å². The number of methoxy groups -OCH3 is 1. The molecule has 2 aromatic carbocycles. The summed E-state index contributed by atoms with van der Waals surface area (Å²) in [5.41, 5.74) is 2.83. The minimum atomic E-state index is -1.07. The number of imidazole rings is 1. The monoisotopic (exact) mass is 603 g/mol. The largest absolute Gasteiger partial charge is 0.494 e. The van der Waals surface area contributed by atoms with E-state index in [1.54, 1.807) is 27.6 Å². The second kappa shape index (κ2) is 11.5. The molecule has 4 aromatic rings. The van der Waals surface area contributed by atoms with Crippen molar-refractivity contribution in [2.24, 2.45) is 0 Å². The summed E-state index contributed by atoms with van der Waals surface area (Å²) in [6.07, 6.45) is 6.41. The molecule has 4 heterocycles. The standard InChI is InChI=1S/C32H35F2N7O3/c1-19-17-20(5-6-21(19)30(42)39-13-15-40(16-14-39)31(43)23-9-10-32(2,3)38-23)37-28-29-36-18-24(41(29)12-11-35-28)22-7-8-25(44-4)27(34)26(22)33/h5-8,11-12,17-18,23,38H,9-10,13-16H2,1-4H3,(H,35,37). The van der Waals surface area contributed by atoms with Crippen LogP contribution in [0.15, 0.2) is 48.9 Å². The molecule has 2 aliphatic heterocycles. The Morgan fingerprint density at radius 2 is 1.80 bits per heavy atom. The van der Waals surface area contributed by atoms with Crippen molar-refractivity contribution in [3.63, 3.8) is 0 Å². The molecule has 2 aliphatic rings.